The van der Waals surface area contributed by atoms with Gasteiger partial charge in [-0.1, -0.05) is 12.0 Å². The standard InChI is InChI=1S/C12H14O3/c1-4-9-14-10-7-5-6-8-11(2)15-12(3)13/h4,11H,1,9-10H2,2-3H3. The van der Waals surface area contributed by atoms with Gasteiger partial charge in [0, 0.05) is 6.92 Å². The van der Waals surface area contributed by atoms with E-state index in [1.807, 2.05) is 0 Å². The van der Waals surface area contributed by atoms with Gasteiger partial charge in [0.2, 0.25) is 0 Å². The summed E-state index contributed by atoms with van der Waals surface area (Å²) in [4.78, 5) is 10.5. The molecule has 15 heavy (non-hydrogen) atoms. The Balaban J connectivity index is 3.76. The Morgan fingerprint density at radius 3 is 2.87 bits per heavy atom. The van der Waals surface area contributed by atoms with Gasteiger partial charge in [0.05, 0.1) is 6.61 Å². The summed E-state index contributed by atoms with van der Waals surface area (Å²) in [5, 5.41) is 0. The fourth-order valence-corrected chi connectivity index (χ4v) is 0.690. The second-order valence-corrected chi connectivity index (χ2v) is 2.63. The normalized spacial score (nSPS) is 10.0. The molecule has 0 aliphatic heterocycles. The number of carbonyl (C=O) groups is 1. The Hall–Kier alpha value is -1.71. The van der Waals surface area contributed by atoms with Crippen molar-refractivity contribution < 1.29 is 14.3 Å². The van der Waals surface area contributed by atoms with Gasteiger partial charge in [-0.2, -0.15) is 0 Å². The maximum absolute atomic E-state index is 10.5. The summed E-state index contributed by atoms with van der Waals surface area (Å²) >= 11 is 0. The predicted molar refractivity (Wildman–Crippen MR) is 57.8 cm³/mol. The second kappa shape index (κ2) is 8.87. The molecule has 0 aliphatic rings. The number of esters is 1. The molecule has 0 saturated carbocycles. The molecule has 0 aromatic carbocycles. The third-order valence-corrected chi connectivity index (χ3v) is 1.18. The fraction of sp³-hybridized carbons (Fsp3) is 0.417. The van der Waals surface area contributed by atoms with Crippen LogP contribution in [0.15, 0.2) is 12.7 Å². The Kier molecular flexibility index (Phi) is 7.86. The van der Waals surface area contributed by atoms with Crippen LogP contribution in [0.3, 0.4) is 0 Å². The molecule has 0 heterocycles. The van der Waals surface area contributed by atoms with Gasteiger partial charge in [-0.05, 0) is 24.7 Å². The van der Waals surface area contributed by atoms with E-state index >= 15 is 0 Å². The van der Waals surface area contributed by atoms with Crippen molar-refractivity contribution in [1.29, 1.82) is 0 Å². The van der Waals surface area contributed by atoms with Crippen LogP contribution in [0.4, 0.5) is 0 Å². The van der Waals surface area contributed by atoms with E-state index in [0.717, 1.165) is 0 Å². The first-order chi connectivity index (χ1) is 7.16. The maximum atomic E-state index is 10.5. The van der Waals surface area contributed by atoms with Gasteiger partial charge in [0.25, 0.3) is 0 Å². The average Bonchev–Trinajstić information content (AvgIpc) is 2.15. The second-order valence-electron chi connectivity index (χ2n) is 2.63. The first kappa shape index (κ1) is 13.3. The molecule has 0 radical (unpaired) electrons. The highest BCUT2D eigenvalue weighted by Gasteiger charge is 1.98. The van der Waals surface area contributed by atoms with E-state index in [1.54, 1.807) is 13.0 Å². The Morgan fingerprint density at radius 2 is 2.27 bits per heavy atom. The van der Waals surface area contributed by atoms with E-state index in [1.165, 1.54) is 6.92 Å². The van der Waals surface area contributed by atoms with Crippen LogP contribution in [0.2, 0.25) is 0 Å². The zero-order chi connectivity index (χ0) is 11.5. The van der Waals surface area contributed by atoms with Crippen molar-refractivity contribution in [1.82, 2.24) is 0 Å². The number of carbonyl (C=O) groups excluding carboxylic acids is 1. The van der Waals surface area contributed by atoms with Gasteiger partial charge in [0.15, 0.2) is 6.10 Å². The van der Waals surface area contributed by atoms with Crippen molar-refractivity contribution in [2.45, 2.75) is 20.0 Å². The third kappa shape index (κ3) is 10.2. The van der Waals surface area contributed by atoms with Crippen molar-refractivity contribution in [3.8, 4) is 23.7 Å². The van der Waals surface area contributed by atoms with Gasteiger partial charge in [-0.25, -0.2) is 0 Å². The van der Waals surface area contributed by atoms with E-state index in [4.69, 9.17) is 9.47 Å². The quantitative estimate of drug-likeness (QED) is 0.299. The molecule has 1 atom stereocenters. The van der Waals surface area contributed by atoms with Gasteiger partial charge in [0.1, 0.15) is 6.61 Å². The molecule has 0 rings (SSSR count). The van der Waals surface area contributed by atoms with Crippen molar-refractivity contribution in [2.24, 2.45) is 0 Å². The van der Waals surface area contributed by atoms with Crippen molar-refractivity contribution >= 4 is 5.97 Å². The molecule has 3 heteroatoms. The molecule has 0 amide bonds. The zero-order valence-electron chi connectivity index (χ0n) is 9.00. The van der Waals surface area contributed by atoms with Crippen LogP contribution in [0.25, 0.3) is 0 Å². The molecule has 0 aromatic heterocycles. The molecule has 0 spiro atoms. The molecular formula is C12H14O3. The molecule has 1 unspecified atom stereocenters. The molecule has 0 aromatic rings. The summed E-state index contributed by atoms with van der Waals surface area (Å²) in [6.07, 6.45) is 1.22. The van der Waals surface area contributed by atoms with Crippen LogP contribution in [0, 0.1) is 23.7 Å². The monoisotopic (exact) mass is 206 g/mol. The van der Waals surface area contributed by atoms with E-state index in [0.29, 0.717) is 13.2 Å². The summed E-state index contributed by atoms with van der Waals surface area (Å²) in [6.45, 7) is 7.32. The maximum Gasteiger partial charge on any atom is 0.303 e. The minimum Gasteiger partial charge on any atom is -0.450 e. The van der Waals surface area contributed by atoms with Crippen molar-refractivity contribution in [3.63, 3.8) is 0 Å². The Morgan fingerprint density at radius 1 is 1.53 bits per heavy atom. The van der Waals surface area contributed by atoms with Crippen LogP contribution >= 0.6 is 0 Å². The smallest absolute Gasteiger partial charge is 0.303 e. The van der Waals surface area contributed by atoms with E-state index in [-0.39, 0.29) is 5.97 Å². The molecular weight excluding hydrogens is 192 g/mol. The summed E-state index contributed by atoms with van der Waals surface area (Å²) in [7, 11) is 0. The lowest BCUT2D eigenvalue weighted by molar-refractivity contribution is -0.143. The van der Waals surface area contributed by atoms with E-state index < -0.39 is 6.10 Å². The number of hydrogen-bond donors (Lipinski definition) is 0. The molecule has 0 bridgehead atoms. The third-order valence-electron chi connectivity index (χ3n) is 1.18. The highest BCUT2D eigenvalue weighted by atomic mass is 16.5. The van der Waals surface area contributed by atoms with Crippen LogP contribution in [0.5, 0.6) is 0 Å². The molecule has 0 N–H and O–H groups in total. The van der Waals surface area contributed by atoms with Crippen molar-refractivity contribution in [2.75, 3.05) is 13.2 Å². The lowest BCUT2D eigenvalue weighted by Crippen LogP contribution is -2.09. The summed E-state index contributed by atoms with van der Waals surface area (Å²) in [6, 6.07) is 0. The van der Waals surface area contributed by atoms with Gasteiger partial charge in [-0.15, -0.1) is 6.58 Å². The van der Waals surface area contributed by atoms with E-state index in [9.17, 15) is 4.79 Å². The molecule has 80 valence electrons. The Labute approximate surface area is 90.5 Å². The Bertz CT molecular complexity index is 322. The number of hydrogen-bond acceptors (Lipinski definition) is 3. The largest absolute Gasteiger partial charge is 0.450 e. The lowest BCUT2D eigenvalue weighted by atomic mass is 10.4. The van der Waals surface area contributed by atoms with E-state index in [2.05, 4.69) is 30.3 Å². The summed E-state index contributed by atoms with van der Waals surface area (Å²) in [5.74, 6) is 10.2. The number of rotatable bonds is 4. The first-order valence-corrected chi connectivity index (χ1v) is 4.51. The molecule has 0 saturated heterocycles. The minimum absolute atomic E-state index is 0.322. The van der Waals surface area contributed by atoms with Crippen LogP contribution in [0.1, 0.15) is 13.8 Å². The highest BCUT2D eigenvalue weighted by Crippen LogP contribution is 1.87. The molecule has 3 nitrogen and oxygen atoms in total. The van der Waals surface area contributed by atoms with Crippen molar-refractivity contribution in [3.05, 3.63) is 12.7 Å². The van der Waals surface area contributed by atoms with Gasteiger partial charge in [-0.3, -0.25) is 4.79 Å². The van der Waals surface area contributed by atoms with Gasteiger partial charge >= 0.3 is 5.97 Å². The minimum atomic E-state index is -0.425. The molecule has 0 fully saturated rings. The topological polar surface area (TPSA) is 35.5 Å². The summed E-state index contributed by atoms with van der Waals surface area (Å²) in [5.41, 5.74) is 0. The van der Waals surface area contributed by atoms with Gasteiger partial charge < -0.3 is 9.47 Å². The predicted octanol–water partition coefficient (Wildman–Crippen LogP) is 1.15. The SMILES string of the molecule is C=CCOCC#CC#CC(C)OC(C)=O. The lowest BCUT2D eigenvalue weighted by Gasteiger charge is -2.01. The van der Waals surface area contributed by atoms with Crippen LogP contribution in [-0.4, -0.2) is 25.3 Å². The highest BCUT2D eigenvalue weighted by molar-refractivity contribution is 5.66. The fourth-order valence-electron chi connectivity index (χ4n) is 0.690. The summed E-state index contributed by atoms with van der Waals surface area (Å²) < 4.78 is 9.78. The average molecular weight is 206 g/mol. The molecule has 0 aliphatic carbocycles. The number of ether oxygens (including phenoxy) is 2. The zero-order valence-corrected chi connectivity index (χ0v) is 9.00. The first-order valence-electron chi connectivity index (χ1n) is 4.51. The van der Waals surface area contributed by atoms with Crippen LogP contribution < -0.4 is 0 Å². The van der Waals surface area contributed by atoms with Crippen LogP contribution in [-0.2, 0) is 14.3 Å².